The molecular formula is C16H17BrFNO. The van der Waals surface area contributed by atoms with Gasteiger partial charge in [-0.3, -0.25) is 0 Å². The van der Waals surface area contributed by atoms with Crippen LogP contribution in [0.2, 0.25) is 0 Å². The molecule has 106 valence electrons. The van der Waals surface area contributed by atoms with E-state index in [4.69, 9.17) is 10.5 Å². The summed E-state index contributed by atoms with van der Waals surface area (Å²) in [6, 6.07) is 12.8. The lowest BCUT2D eigenvalue weighted by molar-refractivity contribution is 0.408. The summed E-state index contributed by atoms with van der Waals surface area (Å²) in [6.07, 6.45) is 1.41. The molecule has 4 heteroatoms. The number of methoxy groups -OCH3 is 1. The summed E-state index contributed by atoms with van der Waals surface area (Å²) >= 11 is 3.19. The van der Waals surface area contributed by atoms with E-state index in [0.717, 1.165) is 23.3 Å². The van der Waals surface area contributed by atoms with Crippen molar-refractivity contribution in [2.24, 2.45) is 5.73 Å². The quantitative estimate of drug-likeness (QED) is 0.902. The molecule has 0 aromatic heterocycles. The number of benzene rings is 2. The molecule has 2 nitrogen and oxygen atoms in total. The maximum absolute atomic E-state index is 13.2. The van der Waals surface area contributed by atoms with E-state index in [9.17, 15) is 4.39 Å². The number of nitrogens with two attached hydrogens (primary N) is 1. The Morgan fingerprint density at radius 1 is 1.20 bits per heavy atom. The molecule has 0 aliphatic rings. The first-order chi connectivity index (χ1) is 9.60. The third kappa shape index (κ3) is 3.81. The van der Waals surface area contributed by atoms with Crippen LogP contribution >= 0.6 is 15.9 Å². The van der Waals surface area contributed by atoms with E-state index < -0.39 is 0 Å². The van der Waals surface area contributed by atoms with Crippen molar-refractivity contribution in [2.75, 3.05) is 7.11 Å². The molecule has 0 saturated heterocycles. The summed E-state index contributed by atoms with van der Waals surface area (Å²) in [4.78, 5) is 0. The predicted octanol–water partition coefficient (Wildman–Crippen LogP) is 3.71. The van der Waals surface area contributed by atoms with Crippen LogP contribution in [0.3, 0.4) is 0 Å². The lowest BCUT2D eigenvalue weighted by Crippen LogP contribution is -2.25. The van der Waals surface area contributed by atoms with Crippen molar-refractivity contribution in [2.45, 2.75) is 18.9 Å². The Labute approximate surface area is 126 Å². The smallest absolute Gasteiger partial charge is 0.137 e. The number of rotatable bonds is 5. The molecule has 0 spiro atoms. The molecule has 0 fully saturated rings. The van der Waals surface area contributed by atoms with E-state index in [0.29, 0.717) is 10.9 Å². The third-order valence-electron chi connectivity index (χ3n) is 3.16. The topological polar surface area (TPSA) is 35.2 Å². The Hall–Kier alpha value is -1.39. The van der Waals surface area contributed by atoms with Crippen molar-refractivity contribution in [1.29, 1.82) is 0 Å². The number of ether oxygens (including phenoxy) is 1. The maximum Gasteiger partial charge on any atom is 0.137 e. The summed E-state index contributed by atoms with van der Waals surface area (Å²) in [5.41, 5.74) is 8.29. The number of hydrogen-bond donors (Lipinski definition) is 1. The Morgan fingerprint density at radius 2 is 1.95 bits per heavy atom. The molecule has 0 bridgehead atoms. The SMILES string of the molecule is COc1ccccc1CC(N)Cc1ccc(F)c(Br)c1. The van der Waals surface area contributed by atoms with Crippen LogP contribution in [0.5, 0.6) is 5.75 Å². The average molecular weight is 338 g/mol. The highest BCUT2D eigenvalue weighted by atomic mass is 79.9. The summed E-state index contributed by atoms with van der Waals surface area (Å²) in [6.45, 7) is 0. The van der Waals surface area contributed by atoms with Crippen molar-refractivity contribution >= 4 is 15.9 Å². The first-order valence-corrected chi connectivity index (χ1v) is 7.21. The second-order valence-electron chi connectivity index (χ2n) is 4.73. The molecule has 0 aliphatic carbocycles. The Kier molecular flexibility index (Phi) is 5.15. The highest BCUT2D eigenvalue weighted by Crippen LogP contribution is 2.21. The summed E-state index contributed by atoms with van der Waals surface area (Å²) in [5, 5.41) is 0. The maximum atomic E-state index is 13.2. The van der Waals surface area contributed by atoms with Crippen molar-refractivity contribution in [3.8, 4) is 5.75 Å². The molecule has 1 atom stereocenters. The second kappa shape index (κ2) is 6.86. The van der Waals surface area contributed by atoms with E-state index in [1.54, 1.807) is 19.2 Å². The van der Waals surface area contributed by atoms with Gasteiger partial charge in [0, 0.05) is 6.04 Å². The summed E-state index contributed by atoms with van der Waals surface area (Å²) in [7, 11) is 1.65. The highest BCUT2D eigenvalue weighted by Gasteiger charge is 2.10. The van der Waals surface area contributed by atoms with Gasteiger partial charge in [0.15, 0.2) is 0 Å². The highest BCUT2D eigenvalue weighted by molar-refractivity contribution is 9.10. The van der Waals surface area contributed by atoms with Gasteiger partial charge in [0.1, 0.15) is 11.6 Å². The van der Waals surface area contributed by atoms with E-state index in [1.807, 2.05) is 24.3 Å². The Balaban J connectivity index is 2.05. The van der Waals surface area contributed by atoms with Gasteiger partial charge in [-0.1, -0.05) is 24.3 Å². The van der Waals surface area contributed by atoms with E-state index >= 15 is 0 Å². The average Bonchev–Trinajstić information content (AvgIpc) is 2.43. The zero-order valence-corrected chi connectivity index (χ0v) is 12.9. The van der Waals surface area contributed by atoms with Crippen LogP contribution in [0, 0.1) is 5.82 Å². The minimum absolute atomic E-state index is 0.0383. The second-order valence-corrected chi connectivity index (χ2v) is 5.58. The molecule has 1 unspecified atom stereocenters. The summed E-state index contributed by atoms with van der Waals surface area (Å²) < 4.78 is 19.0. The van der Waals surface area contributed by atoms with Crippen molar-refractivity contribution < 1.29 is 9.13 Å². The molecule has 2 aromatic rings. The predicted molar refractivity (Wildman–Crippen MR) is 82.5 cm³/mol. The van der Waals surface area contributed by atoms with Gasteiger partial charge in [0.25, 0.3) is 0 Å². The molecule has 2 aromatic carbocycles. The van der Waals surface area contributed by atoms with Crippen LogP contribution in [-0.4, -0.2) is 13.2 Å². The van der Waals surface area contributed by atoms with Crippen molar-refractivity contribution in [3.63, 3.8) is 0 Å². The number of para-hydroxylation sites is 1. The van der Waals surface area contributed by atoms with Crippen LogP contribution in [-0.2, 0) is 12.8 Å². The minimum Gasteiger partial charge on any atom is -0.496 e. The molecule has 2 N–H and O–H groups in total. The molecule has 0 aliphatic heterocycles. The standard InChI is InChI=1S/C16H17BrFNO/c1-20-16-5-3-2-4-12(16)10-13(19)8-11-6-7-15(18)14(17)9-11/h2-7,9,13H,8,10,19H2,1H3. The zero-order valence-electron chi connectivity index (χ0n) is 11.3. The molecule has 0 heterocycles. The number of hydrogen-bond acceptors (Lipinski definition) is 2. The van der Waals surface area contributed by atoms with Crippen LogP contribution < -0.4 is 10.5 Å². The summed E-state index contributed by atoms with van der Waals surface area (Å²) in [5.74, 6) is 0.593. The van der Waals surface area contributed by atoms with Crippen LogP contribution in [0.25, 0.3) is 0 Å². The molecule has 0 saturated carbocycles. The normalized spacial score (nSPS) is 12.2. The van der Waals surface area contributed by atoms with Gasteiger partial charge in [-0.25, -0.2) is 4.39 Å². The fraction of sp³-hybridized carbons (Fsp3) is 0.250. The monoisotopic (exact) mass is 337 g/mol. The van der Waals surface area contributed by atoms with Gasteiger partial charge in [-0.05, 0) is 58.1 Å². The van der Waals surface area contributed by atoms with Gasteiger partial charge in [0.05, 0.1) is 11.6 Å². The fourth-order valence-electron chi connectivity index (χ4n) is 2.20. The largest absolute Gasteiger partial charge is 0.496 e. The van der Waals surface area contributed by atoms with Gasteiger partial charge in [-0.2, -0.15) is 0 Å². The van der Waals surface area contributed by atoms with Crippen LogP contribution in [0.4, 0.5) is 4.39 Å². The van der Waals surface area contributed by atoms with Gasteiger partial charge >= 0.3 is 0 Å². The van der Waals surface area contributed by atoms with Crippen LogP contribution in [0.1, 0.15) is 11.1 Å². The zero-order chi connectivity index (χ0) is 14.5. The van der Waals surface area contributed by atoms with Gasteiger partial charge in [0.2, 0.25) is 0 Å². The minimum atomic E-state index is -0.257. The van der Waals surface area contributed by atoms with Crippen LogP contribution in [0.15, 0.2) is 46.9 Å². The number of halogens is 2. The molecule has 0 radical (unpaired) electrons. The Morgan fingerprint density at radius 3 is 2.65 bits per heavy atom. The van der Waals surface area contributed by atoms with E-state index in [1.165, 1.54) is 6.07 Å². The van der Waals surface area contributed by atoms with Gasteiger partial charge in [-0.15, -0.1) is 0 Å². The molecule has 20 heavy (non-hydrogen) atoms. The third-order valence-corrected chi connectivity index (χ3v) is 3.76. The molecule has 2 rings (SSSR count). The first-order valence-electron chi connectivity index (χ1n) is 6.41. The van der Waals surface area contributed by atoms with Crippen molar-refractivity contribution in [3.05, 3.63) is 63.9 Å². The molecule has 0 amide bonds. The van der Waals surface area contributed by atoms with E-state index in [2.05, 4.69) is 15.9 Å². The Bertz CT molecular complexity index is 588. The van der Waals surface area contributed by atoms with E-state index in [-0.39, 0.29) is 11.9 Å². The lowest BCUT2D eigenvalue weighted by Gasteiger charge is -2.14. The first kappa shape index (κ1) is 15.0. The molecular weight excluding hydrogens is 321 g/mol. The van der Waals surface area contributed by atoms with Crippen molar-refractivity contribution in [1.82, 2.24) is 0 Å². The lowest BCUT2D eigenvalue weighted by atomic mass is 9.99. The fourth-order valence-corrected chi connectivity index (χ4v) is 2.62. The van der Waals surface area contributed by atoms with Gasteiger partial charge < -0.3 is 10.5 Å².